The van der Waals surface area contributed by atoms with Crippen LogP contribution in [0.3, 0.4) is 0 Å². The van der Waals surface area contributed by atoms with Gasteiger partial charge in [0.2, 0.25) is 0 Å². The van der Waals surface area contributed by atoms with Crippen LogP contribution in [-0.2, 0) is 0 Å². The third-order valence-electron chi connectivity index (χ3n) is 3.16. The topological polar surface area (TPSA) is 61.3 Å². The van der Waals surface area contributed by atoms with Crippen LogP contribution >= 0.6 is 15.9 Å². The van der Waals surface area contributed by atoms with Crippen LogP contribution in [0.15, 0.2) is 57.5 Å². The summed E-state index contributed by atoms with van der Waals surface area (Å²) in [5, 5.41) is 3.90. The molecule has 0 saturated heterocycles. The minimum Gasteiger partial charge on any atom is -0.497 e. The Morgan fingerprint density at radius 3 is 2.62 bits per heavy atom. The molecule has 0 aliphatic carbocycles. The van der Waals surface area contributed by atoms with Crippen LogP contribution in [-0.4, -0.2) is 12.3 Å². The van der Waals surface area contributed by atoms with Gasteiger partial charge >= 0.3 is 0 Å². The van der Waals surface area contributed by atoms with E-state index in [2.05, 4.69) is 21.1 Å². The van der Waals surface area contributed by atoms with Crippen molar-refractivity contribution >= 4 is 21.7 Å². The van der Waals surface area contributed by atoms with Gasteiger partial charge < -0.3 is 15.0 Å². The van der Waals surface area contributed by atoms with E-state index < -0.39 is 0 Å². The fourth-order valence-electron chi connectivity index (χ4n) is 2.19. The largest absolute Gasteiger partial charge is 0.497 e. The number of ether oxygens (including phenoxy) is 1. The third-order valence-corrected chi connectivity index (χ3v) is 3.66. The average Bonchev–Trinajstić information content (AvgIpc) is 2.89. The summed E-state index contributed by atoms with van der Waals surface area (Å²) in [5.41, 5.74) is 8.58. The van der Waals surface area contributed by atoms with E-state index in [-0.39, 0.29) is 0 Å². The lowest BCUT2D eigenvalue weighted by atomic mass is 10.0. The van der Waals surface area contributed by atoms with E-state index in [0.29, 0.717) is 11.6 Å². The van der Waals surface area contributed by atoms with Crippen LogP contribution in [0.1, 0.15) is 0 Å². The number of nitrogens with two attached hydrogens (primary N) is 1. The van der Waals surface area contributed by atoms with Gasteiger partial charge in [-0.15, -0.1) is 0 Å². The van der Waals surface area contributed by atoms with Crippen molar-refractivity contribution in [1.29, 1.82) is 0 Å². The highest BCUT2D eigenvalue weighted by atomic mass is 79.9. The maximum absolute atomic E-state index is 5.98. The van der Waals surface area contributed by atoms with Crippen LogP contribution in [0.2, 0.25) is 0 Å². The third kappa shape index (κ3) is 2.64. The second kappa shape index (κ2) is 5.61. The number of aromatic nitrogens is 1. The monoisotopic (exact) mass is 344 g/mol. The number of hydrogen-bond acceptors (Lipinski definition) is 4. The van der Waals surface area contributed by atoms with Crippen molar-refractivity contribution < 1.29 is 9.26 Å². The molecule has 4 nitrogen and oxygen atoms in total. The second-order valence-corrected chi connectivity index (χ2v) is 5.43. The van der Waals surface area contributed by atoms with Gasteiger partial charge in [-0.3, -0.25) is 0 Å². The number of nitrogen functional groups attached to an aromatic ring is 1. The summed E-state index contributed by atoms with van der Waals surface area (Å²) < 4.78 is 11.6. The fourth-order valence-corrected chi connectivity index (χ4v) is 2.59. The molecule has 0 saturated carbocycles. The van der Waals surface area contributed by atoms with Crippen LogP contribution < -0.4 is 10.5 Å². The lowest BCUT2D eigenvalue weighted by Crippen LogP contribution is -1.89. The average molecular weight is 345 g/mol. The van der Waals surface area contributed by atoms with Gasteiger partial charge in [-0.2, -0.15) is 0 Å². The van der Waals surface area contributed by atoms with Crippen molar-refractivity contribution in [2.75, 3.05) is 12.8 Å². The molecule has 0 aliphatic rings. The molecular formula is C16H13BrN2O2. The highest BCUT2D eigenvalue weighted by Crippen LogP contribution is 2.38. The van der Waals surface area contributed by atoms with Crippen molar-refractivity contribution in [2.45, 2.75) is 0 Å². The molecule has 0 atom stereocenters. The molecule has 1 aromatic heterocycles. The SMILES string of the molecule is COc1cccc(-c2onc(N)c2-c2cccc(Br)c2)c1. The van der Waals surface area contributed by atoms with Crippen molar-refractivity contribution in [3.63, 3.8) is 0 Å². The zero-order valence-corrected chi connectivity index (χ0v) is 12.9. The van der Waals surface area contributed by atoms with Crippen LogP contribution in [0.4, 0.5) is 5.82 Å². The van der Waals surface area contributed by atoms with Gasteiger partial charge in [0.25, 0.3) is 0 Å². The molecule has 0 spiro atoms. The highest BCUT2D eigenvalue weighted by molar-refractivity contribution is 9.10. The summed E-state index contributed by atoms with van der Waals surface area (Å²) in [7, 11) is 1.63. The summed E-state index contributed by atoms with van der Waals surface area (Å²) in [6, 6.07) is 15.5. The molecule has 106 valence electrons. The maximum Gasteiger partial charge on any atom is 0.177 e. The first-order chi connectivity index (χ1) is 10.2. The van der Waals surface area contributed by atoms with E-state index in [1.807, 2.05) is 48.5 Å². The first-order valence-corrected chi connectivity index (χ1v) is 7.14. The zero-order valence-electron chi connectivity index (χ0n) is 11.3. The summed E-state index contributed by atoms with van der Waals surface area (Å²) >= 11 is 3.46. The quantitative estimate of drug-likeness (QED) is 0.766. The minimum atomic E-state index is 0.367. The zero-order chi connectivity index (χ0) is 14.8. The Bertz CT molecular complexity index is 783. The standard InChI is InChI=1S/C16H13BrN2O2/c1-20-13-7-3-5-11(9-13)15-14(16(18)19-21-15)10-4-2-6-12(17)8-10/h2-9H,1H3,(H2,18,19). The van der Waals surface area contributed by atoms with E-state index in [1.165, 1.54) is 0 Å². The molecule has 2 N–H and O–H groups in total. The van der Waals surface area contributed by atoms with Crippen molar-refractivity contribution in [3.05, 3.63) is 53.0 Å². The lowest BCUT2D eigenvalue weighted by molar-refractivity contribution is 0.413. The first kappa shape index (κ1) is 13.7. The number of halogens is 1. The van der Waals surface area contributed by atoms with Gasteiger partial charge in [-0.1, -0.05) is 45.4 Å². The first-order valence-electron chi connectivity index (χ1n) is 6.34. The van der Waals surface area contributed by atoms with E-state index in [0.717, 1.165) is 26.9 Å². The Morgan fingerprint density at radius 2 is 1.86 bits per heavy atom. The Morgan fingerprint density at radius 1 is 1.10 bits per heavy atom. The molecule has 3 aromatic rings. The number of hydrogen-bond donors (Lipinski definition) is 1. The number of nitrogens with zero attached hydrogens (tertiary/aromatic N) is 1. The van der Waals surface area contributed by atoms with Gasteiger partial charge in [0.15, 0.2) is 11.6 Å². The van der Waals surface area contributed by atoms with Gasteiger partial charge in [-0.05, 0) is 29.8 Å². The number of benzene rings is 2. The van der Waals surface area contributed by atoms with E-state index in [4.69, 9.17) is 15.0 Å². The Labute approximate surface area is 130 Å². The lowest BCUT2D eigenvalue weighted by Gasteiger charge is -2.05. The Hall–Kier alpha value is -2.27. The van der Waals surface area contributed by atoms with Crippen molar-refractivity contribution in [1.82, 2.24) is 5.16 Å². The Balaban J connectivity index is 2.17. The molecule has 0 fully saturated rings. The number of anilines is 1. The van der Waals surface area contributed by atoms with Gasteiger partial charge in [-0.25, -0.2) is 0 Å². The van der Waals surface area contributed by atoms with Crippen molar-refractivity contribution in [3.8, 4) is 28.2 Å². The van der Waals surface area contributed by atoms with Crippen LogP contribution in [0.5, 0.6) is 5.75 Å². The molecular weight excluding hydrogens is 332 g/mol. The molecule has 5 heteroatoms. The van der Waals surface area contributed by atoms with Crippen LogP contribution in [0.25, 0.3) is 22.5 Å². The van der Waals surface area contributed by atoms with Gasteiger partial charge in [0, 0.05) is 10.0 Å². The number of rotatable bonds is 3. The van der Waals surface area contributed by atoms with E-state index >= 15 is 0 Å². The molecule has 21 heavy (non-hydrogen) atoms. The smallest absolute Gasteiger partial charge is 0.177 e. The predicted octanol–water partition coefficient (Wildman–Crippen LogP) is 4.36. The van der Waals surface area contributed by atoms with E-state index in [1.54, 1.807) is 7.11 Å². The molecule has 2 aromatic carbocycles. The van der Waals surface area contributed by atoms with Crippen LogP contribution in [0, 0.1) is 0 Å². The maximum atomic E-state index is 5.98. The predicted molar refractivity (Wildman–Crippen MR) is 86.0 cm³/mol. The Kier molecular flexibility index (Phi) is 3.66. The molecule has 0 amide bonds. The summed E-state index contributed by atoms with van der Waals surface area (Å²) in [6.07, 6.45) is 0. The van der Waals surface area contributed by atoms with Crippen molar-refractivity contribution in [2.24, 2.45) is 0 Å². The van der Waals surface area contributed by atoms with Gasteiger partial charge in [0.05, 0.1) is 12.7 Å². The molecule has 0 bridgehead atoms. The highest BCUT2D eigenvalue weighted by Gasteiger charge is 2.18. The fraction of sp³-hybridized carbons (Fsp3) is 0.0625. The van der Waals surface area contributed by atoms with Gasteiger partial charge in [0.1, 0.15) is 5.75 Å². The summed E-state index contributed by atoms with van der Waals surface area (Å²) in [6.45, 7) is 0. The molecule has 1 heterocycles. The van der Waals surface area contributed by atoms with E-state index in [9.17, 15) is 0 Å². The number of methoxy groups -OCH3 is 1. The second-order valence-electron chi connectivity index (χ2n) is 4.51. The molecule has 0 aliphatic heterocycles. The normalized spacial score (nSPS) is 10.6. The summed E-state index contributed by atoms with van der Waals surface area (Å²) in [5.74, 6) is 1.75. The summed E-state index contributed by atoms with van der Waals surface area (Å²) in [4.78, 5) is 0. The minimum absolute atomic E-state index is 0.367. The molecule has 0 unspecified atom stereocenters. The molecule has 3 rings (SSSR count). The molecule has 0 radical (unpaired) electrons.